The minimum Gasteiger partial charge on any atom is -0.481 e. The monoisotopic (exact) mass is 260 g/mol. The second-order valence-electron chi connectivity index (χ2n) is 3.68. The number of hydrogen-bond donors (Lipinski definition) is 1. The number of pyridine rings is 1. The smallest absolute Gasteiger partial charge is 0.226 e. The summed E-state index contributed by atoms with van der Waals surface area (Å²) in [5.74, 6) is 1.66. The minimum atomic E-state index is 0.511. The van der Waals surface area contributed by atoms with E-state index in [1.165, 1.54) is 0 Å². The number of ether oxygens (including phenoxy) is 2. The molecule has 19 heavy (non-hydrogen) atoms. The average Bonchev–Trinajstić information content (AvgIpc) is 2.46. The Balaban J connectivity index is 2.03. The molecule has 2 heterocycles. The van der Waals surface area contributed by atoms with Crippen LogP contribution in [0.1, 0.15) is 12.5 Å². The molecular weight excluding hydrogens is 244 g/mol. The average molecular weight is 260 g/mol. The van der Waals surface area contributed by atoms with Crippen LogP contribution in [-0.2, 0) is 6.54 Å². The van der Waals surface area contributed by atoms with Crippen LogP contribution >= 0.6 is 0 Å². The van der Waals surface area contributed by atoms with Crippen LogP contribution in [-0.4, -0.2) is 28.7 Å². The Morgan fingerprint density at radius 3 is 2.89 bits per heavy atom. The van der Waals surface area contributed by atoms with Gasteiger partial charge in [-0.15, -0.1) is 0 Å². The fraction of sp³-hybridized carbons (Fsp3) is 0.308. The van der Waals surface area contributed by atoms with Crippen molar-refractivity contribution < 1.29 is 9.47 Å². The number of anilines is 1. The molecule has 0 fully saturated rings. The highest BCUT2D eigenvalue weighted by Crippen LogP contribution is 2.15. The molecule has 2 rings (SSSR count). The third kappa shape index (κ3) is 3.54. The molecular formula is C13H16N4O2. The Hall–Kier alpha value is -2.37. The number of methoxy groups -OCH3 is 1. The van der Waals surface area contributed by atoms with E-state index in [-0.39, 0.29) is 0 Å². The molecule has 6 nitrogen and oxygen atoms in total. The Labute approximate surface area is 111 Å². The molecule has 0 spiro atoms. The van der Waals surface area contributed by atoms with Crippen molar-refractivity contribution in [2.75, 3.05) is 19.0 Å². The van der Waals surface area contributed by atoms with Crippen LogP contribution in [0, 0.1) is 0 Å². The lowest BCUT2D eigenvalue weighted by molar-refractivity contribution is 0.326. The summed E-state index contributed by atoms with van der Waals surface area (Å²) in [6.07, 6.45) is 3.34. The van der Waals surface area contributed by atoms with Gasteiger partial charge in [-0.25, -0.2) is 9.97 Å². The summed E-state index contributed by atoms with van der Waals surface area (Å²) in [5, 5.41) is 3.11. The van der Waals surface area contributed by atoms with E-state index in [2.05, 4.69) is 20.3 Å². The third-order valence-electron chi connectivity index (χ3n) is 2.40. The van der Waals surface area contributed by atoms with Gasteiger partial charge in [-0.05, 0) is 13.0 Å². The zero-order chi connectivity index (χ0) is 13.5. The molecule has 1 N–H and O–H groups in total. The first kappa shape index (κ1) is 13.1. The molecule has 2 aromatic rings. The molecule has 0 atom stereocenters. The van der Waals surface area contributed by atoms with Gasteiger partial charge in [0.15, 0.2) is 0 Å². The van der Waals surface area contributed by atoms with Crippen molar-refractivity contribution in [3.8, 4) is 11.8 Å². The SMILES string of the molecule is CCOc1ccnc(NCc2cccnc2OC)n1. The fourth-order valence-corrected chi connectivity index (χ4v) is 1.57. The number of aromatic nitrogens is 3. The van der Waals surface area contributed by atoms with Gasteiger partial charge >= 0.3 is 0 Å². The van der Waals surface area contributed by atoms with Gasteiger partial charge in [0.25, 0.3) is 0 Å². The van der Waals surface area contributed by atoms with Gasteiger partial charge in [-0.3, -0.25) is 0 Å². The zero-order valence-electron chi connectivity index (χ0n) is 11.0. The van der Waals surface area contributed by atoms with E-state index < -0.39 is 0 Å². The van der Waals surface area contributed by atoms with Gasteiger partial charge in [0.05, 0.1) is 13.7 Å². The first-order valence-corrected chi connectivity index (χ1v) is 6.01. The fourth-order valence-electron chi connectivity index (χ4n) is 1.57. The van der Waals surface area contributed by atoms with Crippen LogP contribution in [0.3, 0.4) is 0 Å². The second kappa shape index (κ2) is 6.53. The molecule has 0 aliphatic carbocycles. The van der Waals surface area contributed by atoms with Gasteiger partial charge in [0.2, 0.25) is 17.7 Å². The predicted molar refractivity (Wildman–Crippen MR) is 71.3 cm³/mol. The molecule has 100 valence electrons. The number of rotatable bonds is 6. The molecule has 0 bridgehead atoms. The van der Waals surface area contributed by atoms with E-state index in [0.29, 0.717) is 30.9 Å². The maximum absolute atomic E-state index is 5.32. The second-order valence-corrected chi connectivity index (χ2v) is 3.68. The molecule has 0 aliphatic heterocycles. The summed E-state index contributed by atoms with van der Waals surface area (Å²) in [6.45, 7) is 3.02. The third-order valence-corrected chi connectivity index (χ3v) is 2.40. The van der Waals surface area contributed by atoms with Crippen LogP contribution in [0.15, 0.2) is 30.6 Å². The Morgan fingerprint density at radius 1 is 1.21 bits per heavy atom. The lowest BCUT2D eigenvalue weighted by Gasteiger charge is -2.09. The van der Waals surface area contributed by atoms with Crippen LogP contribution < -0.4 is 14.8 Å². The van der Waals surface area contributed by atoms with E-state index in [9.17, 15) is 0 Å². The van der Waals surface area contributed by atoms with E-state index in [1.54, 1.807) is 25.6 Å². The maximum Gasteiger partial charge on any atom is 0.226 e. The summed E-state index contributed by atoms with van der Waals surface area (Å²) in [5.41, 5.74) is 0.940. The van der Waals surface area contributed by atoms with E-state index in [4.69, 9.17) is 9.47 Å². The highest BCUT2D eigenvalue weighted by molar-refractivity contribution is 5.33. The molecule has 0 aliphatic rings. The Kier molecular flexibility index (Phi) is 4.49. The first-order valence-electron chi connectivity index (χ1n) is 6.01. The summed E-state index contributed by atoms with van der Waals surface area (Å²) >= 11 is 0. The molecule has 0 saturated carbocycles. The maximum atomic E-state index is 5.32. The van der Waals surface area contributed by atoms with E-state index >= 15 is 0 Å². The lowest BCUT2D eigenvalue weighted by atomic mass is 10.3. The van der Waals surface area contributed by atoms with Crippen LogP contribution in [0.4, 0.5) is 5.95 Å². The normalized spacial score (nSPS) is 10.0. The minimum absolute atomic E-state index is 0.511. The van der Waals surface area contributed by atoms with Gasteiger partial charge in [0, 0.05) is 30.6 Å². The van der Waals surface area contributed by atoms with Crippen molar-refractivity contribution in [2.24, 2.45) is 0 Å². The van der Waals surface area contributed by atoms with Gasteiger partial charge < -0.3 is 14.8 Å². The molecule has 0 unspecified atom stereocenters. The predicted octanol–water partition coefficient (Wildman–Crippen LogP) is 1.89. The van der Waals surface area contributed by atoms with Crippen molar-refractivity contribution >= 4 is 5.95 Å². The van der Waals surface area contributed by atoms with E-state index in [0.717, 1.165) is 5.56 Å². The number of hydrogen-bond acceptors (Lipinski definition) is 6. The van der Waals surface area contributed by atoms with Crippen LogP contribution in [0.2, 0.25) is 0 Å². The molecule has 0 radical (unpaired) electrons. The van der Waals surface area contributed by atoms with Crippen molar-refractivity contribution in [3.63, 3.8) is 0 Å². The zero-order valence-corrected chi connectivity index (χ0v) is 11.0. The highest BCUT2D eigenvalue weighted by atomic mass is 16.5. The van der Waals surface area contributed by atoms with Gasteiger partial charge in [-0.1, -0.05) is 6.07 Å². The molecule has 2 aromatic heterocycles. The van der Waals surface area contributed by atoms with Gasteiger partial charge in [0.1, 0.15) is 0 Å². The molecule has 0 saturated heterocycles. The van der Waals surface area contributed by atoms with Crippen LogP contribution in [0.25, 0.3) is 0 Å². The molecule has 0 amide bonds. The largest absolute Gasteiger partial charge is 0.481 e. The van der Waals surface area contributed by atoms with Crippen molar-refractivity contribution in [3.05, 3.63) is 36.2 Å². The van der Waals surface area contributed by atoms with Gasteiger partial charge in [-0.2, -0.15) is 4.98 Å². The van der Waals surface area contributed by atoms with E-state index in [1.807, 2.05) is 19.1 Å². The Morgan fingerprint density at radius 2 is 2.11 bits per heavy atom. The van der Waals surface area contributed by atoms with Crippen LogP contribution in [0.5, 0.6) is 11.8 Å². The quantitative estimate of drug-likeness (QED) is 0.855. The van der Waals surface area contributed by atoms with Crippen molar-refractivity contribution in [1.29, 1.82) is 0 Å². The summed E-state index contributed by atoms with van der Waals surface area (Å²) in [7, 11) is 1.60. The number of nitrogens with zero attached hydrogens (tertiary/aromatic N) is 3. The summed E-state index contributed by atoms with van der Waals surface area (Å²) in [6, 6.07) is 5.52. The Bertz CT molecular complexity index is 534. The standard InChI is InChI=1S/C13H16N4O2/c1-3-19-11-6-8-15-13(17-11)16-9-10-5-4-7-14-12(10)18-2/h4-8H,3,9H2,1-2H3,(H,15,16,17). The first-order chi connectivity index (χ1) is 9.33. The summed E-state index contributed by atoms with van der Waals surface area (Å²) < 4.78 is 10.5. The van der Waals surface area contributed by atoms with Crippen molar-refractivity contribution in [2.45, 2.75) is 13.5 Å². The molecule has 6 heteroatoms. The van der Waals surface area contributed by atoms with Crippen molar-refractivity contribution in [1.82, 2.24) is 15.0 Å². The lowest BCUT2D eigenvalue weighted by Crippen LogP contribution is -2.06. The summed E-state index contributed by atoms with van der Waals surface area (Å²) in [4.78, 5) is 12.5. The molecule has 0 aromatic carbocycles. The highest BCUT2D eigenvalue weighted by Gasteiger charge is 2.04. The topological polar surface area (TPSA) is 69.2 Å². The number of nitrogens with one attached hydrogen (secondary N) is 1.